The number of para-hydroxylation sites is 1. The molecule has 0 unspecified atom stereocenters. The predicted octanol–water partition coefficient (Wildman–Crippen LogP) is 5.80. The molecule has 3 rings (SSSR count). The van der Waals surface area contributed by atoms with Crippen LogP contribution >= 0.6 is 11.8 Å². The Hall–Kier alpha value is -2.53. The van der Waals surface area contributed by atoms with Crippen LogP contribution in [-0.4, -0.2) is 28.6 Å². The fraction of sp³-hybridized carbons (Fsp3) is 0.304. The number of hydrogen-bond donors (Lipinski definition) is 0. The summed E-state index contributed by atoms with van der Waals surface area (Å²) in [6.45, 7) is 8.72. The Morgan fingerprint density at radius 3 is 2.54 bits per heavy atom. The molecule has 1 amide bonds. The van der Waals surface area contributed by atoms with Gasteiger partial charge in [-0.1, -0.05) is 42.8 Å². The molecule has 0 bridgehead atoms. The number of carbonyl (C=O) groups is 1. The van der Waals surface area contributed by atoms with E-state index in [0.717, 1.165) is 28.6 Å². The molecule has 1 fully saturated rings. The van der Waals surface area contributed by atoms with Gasteiger partial charge in [-0.05, 0) is 63.2 Å². The van der Waals surface area contributed by atoms with E-state index in [1.807, 2.05) is 68.5 Å². The summed E-state index contributed by atoms with van der Waals surface area (Å²) >= 11 is 1.42. The largest absolute Gasteiger partial charge is 0.493 e. The zero-order valence-corrected chi connectivity index (χ0v) is 17.6. The molecule has 2 aromatic carbocycles. The van der Waals surface area contributed by atoms with Crippen molar-refractivity contribution in [1.29, 1.82) is 0 Å². The summed E-state index contributed by atoms with van der Waals surface area (Å²) in [7, 11) is 0. The number of nitrogens with zero attached hydrogens (tertiary/aromatic N) is 2. The van der Waals surface area contributed by atoms with Crippen molar-refractivity contribution >= 4 is 34.6 Å². The fourth-order valence-electron chi connectivity index (χ4n) is 2.89. The van der Waals surface area contributed by atoms with Gasteiger partial charge in [-0.15, -0.1) is 0 Å². The number of carbonyl (C=O) groups excluding carboxylic acids is 1. The standard InChI is InChI=1S/C23H26N2O2S/c1-5-17(4)25-22(26)21(15-18-9-7-8-10-20(18)27-6-2)28-23(25)24-19-13-11-16(3)12-14-19/h7-15,17H,5-6H2,1-4H3/b21-15+,24-23?/t17-/m1/s1. The van der Waals surface area contributed by atoms with E-state index in [2.05, 4.69) is 13.8 Å². The molecule has 2 aromatic rings. The molecule has 1 atom stereocenters. The van der Waals surface area contributed by atoms with Gasteiger partial charge < -0.3 is 4.74 Å². The van der Waals surface area contributed by atoms with Crippen molar-refractivity contribution in [3.63, 3.8) is 0 Å². The van der Waals surface area contributed by atoms with Crippen LogP contribution in [0.3, 0.4) is 0 Å². The van der Waals surface area contributed by atoms with E-state index in [-0.39, 0.29) is 11.9 Å². The Bertz CT molecular complexity index is 903. The molecule has 1 aliphatic heterocycles. The molecule has 0 saturated carbocycles. The zero-order valence-electron chi connectivity index (χ0n) is 16.8. The third-order valence-electron chi connectivity index (χ3n) is 4.63. The third-order valence-corrected chi connectivity index (χ3v) is 5.62. The van der Waals surface area contributed by atoms with E-state index < -0.39 is 0 Å². The Labute approximate surface area is 171 Å². The van der Waals surface area contributed by atoms with Gasteiger partial charge in [0.15, 0.2) is 5.17 Å². The molecule has 28 heavy (non-hydrogen) atoms. The number of thioether (sulfide) groups is 1. The molecule has 4 nitrogen and oxygen atoms in total. The minimum Gasteiger partial charge on any atom is -0.493 e. The van der Waals surface area contributed by atoms with Crippen molar-refractivity contribution in [2.24, 2.45) is 4.99 Å². The molecule has 0 aromatic heterocycles. The summed E-state index contributed by atoms with van der Waals surface area (Å²) in [6.07, 6.45) is 2.77. The van der Waals surface area contributed by atoms with Crippen LogP contribution in [0.1, 0.15) is 38.3 Å². The Balaban J connectivity index is 1.99. The van der Waals surface area contributed by atoms with E-state index in [9.17, 15) is 4.79 Å². The average molecular weight is 395 g/mol. The van der Waals surface area contributed by atoms with Crippen LogP contribution in [0, 0.1) is 6.92 Å². The van der Waals surface area contributed by atoms with Gasteiger partial charge in [-0.3, -0.25) is 9.69 Å². The van der Waals surface area contributed by atoms with Gasteiger partial charge in [0.05, 0.1) is 17.2 Å². The molecule has 0 radical (unpaired) electrons. The molecule has 1 heterocycles. The molecule has 146 valence electrons. The number of aryl methyl sites for hydroxylation is 1. The van der Waals surface area contributed by atoms with Crippen molar-refractivity contribution in [3.8, 4) is 5.75 Å². The number of hydrogen-bond acceptors (Lipinski definition) is 4. The molecule has 1 aliphatic rings. The first-order chi connectivity index (χ1) is 13.5. The summed E-state index contributed by atoms with van der Waals surface area (Å²) in [6, 6.07) is 15.9. The lowest BCUT2D eigenvalue weighted by Crippen LogP contribution is -2.36. The lowest BCUT2D eigenvalue weighted by Gasteiger charge is -2.22. The summed E-state index contributed by atoms with van der Waals surface area (Å²) in [5.41, 5.74) is 2.94. The first kappa shape index (κ1) is 20.2. The van der Waals surface area contributed by atoms with Gasteiger partial charge in [-0.2, -0.15) is 0 Å². The first-order valence-corrected chi connectivity index (χ1v) is 10.5. The van der Waals surface area contributed by atoms with Crippen LogP contribution in [-0.2, 0) is 4.79 Å². The van der Waals surface area contributed by atoms with Crippen LogP contribution in [0.25, 0.3) is 6.08 Å². The maximum Gasteiger partial charge on any atom is 0.267 e. The Kier molecular flexibility index (Phi) is 6.57. The summed E-state index contributed by atoms with van der Waals surface area (Å²) < 4.78 is 5.70. The van der Waals surface area contributed by atoms with E-state index >= 15 is 0 Å². The van der Waals surface area contributed by atoms with Gasteiger partial charge in [0, 0.05) is 11.6 Å². The van der Waals surface area contributed by atoms with Gasteiger partial charge >= 0.3 is 0 Å². The number of aliphatic imine (C=N–C) groups is 1. The second kappa shape index (κ2) is 9.11. The van der Waals surface area contributed by atoms with Gasteiger partial charge in [-0.25, -0.2) is 4.99 Å². The van der Waals surface area contributed by atoms with Crippen molar-refractivity contribution < 1.29 is 9.53 Å². The molecular weight excluding hydrogens is 368 g/mol. The molecule has 0 aliphatic carbocycles. The normalized spacial score (nSPS) is 18.1. The second-order valence-corrected chi connectivity index (χ2v) is 7.75. The molecular formula is C23H26N2O2S. The van der Waals surface area contributed by atoms with Crippen LogP contribution < -0.4 is 4.74 Å². The van der Waals surface area contributed by atoms with Gasteiger partial charge in [0.25, 0.3) is 5.91 Å². The van der Waals surface area contributed by atoms with Crippen LogP contribution in [0.2, 0.25) is 0 Å². The number of rotatable bonds is 6. The predicted molar refractivity (Wildman–Crippen MR) is 118 cm³/mol. The van der Waals surface area contributed by atoms with E-state index in [1.165, 1.54) is 17.3 Å². The van der Waals surface area contributed by atoms with Crippen LogP contribution in [0.15, 0.2) is 58.4 Å². The highest BCUT2D eigenvalue weighted by Gasteiger charge is 2.36. The smallest absolute Gasteiger partial charge is 0.267 e. The highest BCUT2D eigenvalue weighted by Crippen LogP contribution is 2.37. The maximum absolute atomic E-state index is 13.1. The van der Waals surface area contributed by atoms with Crippen molar-refractivity contribution in [2.75, 3.05) is 6.61 Å². The number of amides is 1. The average Bonchev–Trinajstić information content (AvgIpc) is 3.00. The fourth-order valence-corrected chi connectivity index (χ4v) is 3.97. The van der Waals surface area contributed by atoms with Gasteiger partial charge in [0.2, 0.25) is 0 Å². The number of ether oxygens (including phenoxy) is 1. The van der Waals surface area contributed by atoms with Crippen molar-refractivity contribution in [3.05, 3.63) is 64.6 Å². The Morgan fingerprint density at radius 1 is 1.14 bits per heavy atom. The monoisotopic (exact) mass is 394 g/mol. The highest BCUT2D eigenvalue weighted by atomic mass is 32.2. The van der Waals surface area contributed by atoms with Gasteiger partial charge in [0.1, 0.15) is 5.75 Å². The van der Waals surface area contributed by atoms with Crippen LogP contribution in [0.5, 0.6) is 5.75 Å². The van der Waals surface area contributed by atoms with Crippen molar-refractivity contribution in [1.82, 2.24) is 4.90 Å². The van der Waals surface area contributed by atoms with E-state index in [4.69, 9.17) is 9.73 Å². The van der Waals surface area contributed by atoms with Crippen molar-refractivity contribution in [2.45, 2.75) is 40.2 Å². The topological polar surface area (TPSA) is 41.9 Å². The SMILES string of the molecule is CCOc1ccccc1/C=C1/SC(=Nc2ccc(C)cc2)N([C@H](C)CC)C1=O. The lowest BCUT2D eigenvalue weighted by atomic mass is 10.1. The molecule has 5 heteroatoms. The maximum atomic E-state index is 13.1. The van der Waals surface area contributed by atoms with E-state index in [0.29, 0.717) is 11.5 Å². The third kappa shape index (κ3) is 4.47. The quantitative estimate of drug-likeness (QED) is 0.582. The highest BCUT2D eigenvalue weighted by molar-refractivity contribution is 8.18. The van der Waals surface area contributed by atoms with Crippen LogP contribution in [0.4, 0.5) is 5.69 Å². The lowest BCUT2D eigenvalue weighted by molar-refractivity contribution is -0.123. The van der Waals surface area contributed by atoms with E-state index in [1.54, 1.807) is 4.90 Å². The minimum absolute atomic E-state index is 0.00323. The summed E-state index contributed by atoms with van der Waals surface area (Å²) in [5.74, 6) is 0.779. The first-order valence-electron chi connectivity index (χ1n) is 9.63. The molecule has 1 saturated heterocycles. The zero-order chi connectivity index (χ0) is 20.1. The summed E-state index contributed by atoms with van der Waals surface area (Å²) in [5, 5.41) is 0.725. The Morgan fingerprint density at radius 2 is 1.86 bits per heavy atom. The second-order valence-electron chi connectivity index (χ2n) is 6.74. The number of amidine groups is 1. The minimum atomic E-state index is -0.00323. The molecule has 0 spiro atoms. The number of benzene rings is 2. The molecule has 0 N–H and O–H groups in total. The summed E-state index contributed by atoms with van der Waals surface area (Å²) in [4.78, 5) is 20.4.